The molecule has 21 heavy (non-hydrogen) atoms. The molecule has 0 fully saturated rings. The van der Waals surface area contributed by atoms with Crippen LogP contribution in [0.15, 0.2) is 29.7 Å². The Kier molecular flexibility index (Phi) is 4.88. The molecule has 0 saturated carbocycles. The summed E-state index contributed by atoms with van der Waals surface area (Å²) in [7, 11) is 1.82. The second kappa shape index (κ2) is 6.84. The second-order valence-electron chi connectivity index (χ2n) is 4.12. The van der Waals surface area contributed by atoms with Gasteiger partial charge in [-0.2, -0.15) is 0 Å². The second-order valence-corrected chi connectivity index (χ2v) is 5.06. The van der Waals surface area contributed by atoms with Crippen molar-refractivity contribution in [2.45, 2.75) is 12.1 Å². The highest BCUT2D eigenvalue weighted by atomic mass is 32.2. The van der Waals surface area contributed by atoms with Crippen molar-refractivity contribution in [2.75, 3.05) is 5.75 Å². The van der Waals surface area contributed by atoms with Crippen LogP contribution in [-0.4, -0.2) is 37.3 Å². The van der Waals surface area contributed by atoms with E-state index in [-0.39, 0.29) is 17.6 Å². The first-order valence-corrected chi connectivity index (χ1v) is 7.04. The van der Waals surface area contributed by atoms with E-state index in [1.165, 1.54) is 18.7 Å². The van der Waals surface area contributed by atoms with Gasteiger partial charge in [-0.05, 0) is 12.1 Å². The molecule has 0 bridgehead atoms. The maximum absolute atomic E-state index is 11.5. The van der Waals surface area contributed by atoms with E-state index in [1.807, 2.05) is 19.2 Å². The molecule has 0 aliphatic carbocycles. The number of hydrogen-bond acceptors (Lipinski definition) is 6. The van der Waals surface area contributed by atoms with Gasteiger partial charge in [-0.3, -0.25) is 25.4 Å². The number of hydrogen-bond donors (Lipinski definition) is 2. The van der Waals surface area contributed by atoms with Crippen LogP contribution in [0.25, 0.3) is 11.4 Å². The monoisotopic (exact) mass is 306 g/mol. The Morgan fingerprint density at radius 2 is 1.95 bits per heavy atom. The number of carbonyl (C=O) groups excluding carboxylic acids is 2. The third kappa shape index (κ3) is 4.02. The van der Waals surface area contributed by atoms with Crippen molar-refractivity contribution < 1.29 is 9.59 Å². The van der Waals surface area contributed by atoms with Crippen LogP contribution in [0.5, 0.6) is 0 Å². The number of nitrogens with one attached hydrogen (secondary N) is 2. The molecule has 9 heteroatoms. The van der Waals surface area contributed by atoms with Gasteiger partial charge in [0.25, 0.3) is 0 Å². The topological polar surface area (TPSA) is 102 Å². The third-order valence-electron chi connectivity index (χ3n) is 2.48. The van der Waals surface area contributed by atoms with Crippen molar-refractivity contribution in [3.8, 4) is 11.4 Å². The van der Waals surface area contributed by atoms with Crippen LogP contribution in [-0.2, 0) is 16.6 Å². The highest BCUT2D eigenvalue weighted by Gasteiger charge is 2.12. The lowest BCUT2D eigenvalue weighted by Crippen LogP contribution is -2.41. The fourth-order valence-electron chi connectivity index (χ4n) is 1.52. The minimum atomic E-state index is -0.327. The molecule has 0 spiro atoms. The number of amides is 2. The Labute approximate surface area is 125 Å². The molecule has 0 radical (unpaired) electrons. The first-order valence-electron chi connectivity index (χ1n) is 6.06. The fourth-order valence-corrected chi connectivity index (χ4v) is 2.23. The number of nitrogens with zero attached hydrogens (tertiary/aromatic N) is 4. The molecule has 2 aromatic rings. The molecular formula is C12H14N6O2S. The van der Waals surface area contributed by atoms with E-state index in [0.717, 1.165) is 5.56 Å². The van der Waals surface area contributed by atoms with Crippen molar-refractivity contribution in [1.29, 1.82) is 0 Å². The quantitative estimate of drug-likeness (QED) is 0.615. The number of hydrazine groups is 1. The highest BCUT2D eigenvalue weighted by molar-refractivity contribution is 7.99. The Bertz CT molecular complexity index is 642. The zero-order valence-electron chi connectivity index (χ0n) is 11.5. The predicted molar refractivity (Wildman–Crippen MR) is 76.9 cm³/mol. The van der Waals surface area contributed by atoms with Crippen molar-refractivity contribution in [3.63, 3.8) is 0 Å². The van der Waals surface area contributed by atoms with Gasteiger partial charge in [0.2, 0.25) is 11.8 Å². The van der Waals surface area contributed by atoms with Crippen LogP contribution >= 0.6 is 11.8 Å². The highest BCUT2D eigenvalue weighted by Crippen LogP contribution is 2.21. The zero-order chi connectivity index (χ0) is 15.2. The number of aromatic nitrogens is 4. The molecule has 2 N–H and O–H groups in total. The van der Waals surface area contributed by atoms with Gasteiger partial charge in [0, 0.05) is 31.9 Å². The van der Waals surface area contributed by atoms with Gasteiger partial charge in [0.1, 0.15) is 0 Å². The average Bonchev–Trinajstić information content (AvgIpc) is 2.85. The summed E-state index contributed by atoms with van der Waals surface area (Å²) in [5.74, 6) is 0.181. The summed E-state index contributed by atoms with van der Waals surface area (Å²) in [6.45, 7) is 1.32. The molecule has 2 rings (SSSR count). The summed E-state index contributed by atoms with van der Waals surface area (Å²) >= 11 is 1.23. The molecule has 2 aromatic heterocycles. The third-order valence-corrected chi connectivity index (χ3v) is 3.50. The Balaban J connectivity index is 1.98. The van der Waals surface area contributed by atoms with Crippen LogP contribution in [0.2, 0.25) is 0 Å². The van der Waals surface area contributed by atoms with Gasteiger partial charge in [-0.15, -0.1) is 10.2 Å². The predicted octanol–water partition coefficient (Wildman–Crippen LogP) is 0.136. The lowest BCUT2D eigenvalue weighted by molar-refractivity contribution is -0.126. The minimum absolute atomic E-state index is 0.128. The fraction of sp³-hybridized carbons (Fsp3) is 0.250. The first-order chi connectivity index (χ1) is 10.1. The van der Waals surface area contributed by atoms with E-state index in [2.05, 4.69) is 26.0 Å². The number of rotatable bonds is 4. The molecule has 0 aliphatic heterocycles. The van der Waals surface area contributed by atoms with Crippen LogP contribution in [0.1, 0.15) is 6.92 Å². The van der Waals surface area contributed by atoms with Gasteiger partial charge < -0.3 is 4.57 Å². The molecule has 0 aromatic carbocycles. The maximum Gasteiger partial charge on any atom is 0.248 e. The van der Waals surface area contributed by atoms with Gasteiger partial charge >= 0.3 is 0 Å². The lowest BCUT2D eigenvalue weighted by Gasteiger charge is -2.05. The van der Waals surface area contributed by atoms with E-state index in [1.54, 1.807) is 17.0 Å². The minimum Gasteiger partial charge on any atom is -0.305 e. The van der Waals surface area contributed by atoms with E-state index in [4.69, 9.17) is 0 Å². The van der Waals surface area contributed by atoms with Crippen molar-refractivity contribution in [2.24, 2.45) is 7.05 Å². The number of pyridine rings is 1. The van der Waals surface area contributed by atoms with Crippen LogP contribution < -0.4 is 10.9 Å². The molecule has 2 heterocycles. The summed E-state index contributed by atoms with van der Waals surface area (Å²) in [6.07, 6.45) is 3.36. The molecule has 8 nitrogen and oxygen atoms in total. The Morgan fingerprint density at radius 3 is 2.62 bits per heavy atom. The SMILES string of the molecule is CC(=O)NNC(=O)CSc1nnc(-c2ccncc2)n1C. The molecule has 110 valence electrons. The summed E-state index contributed by atoms with van der Waals surface area (Å²) < 4.78 is 1.80. The Hall–Kier alpha value is -2.42. The van der Waals surface area contributed by atoms with E-state index in [9.17, 15) is 9.59 Å². The molecular weight excluding hydrogens is 292 g/mol. The lowest BCUT2D eigenvalue weighted by atomic mass is 10.2. The van der Waals surface area contributed by atoms with E-state index in [0.29, 0.717) is 11.0 Å². The molecule has 0 saturated heterocycles. The first kappa shape index (κ1) is 15.0. The summed E-state index contributed by atoms with van der Waals surface area (Å²) in [5, 5.41) is 8.76. The zero-order valence-corrected chi connectivity index (χ0v) is 12.3. The maximum atomic E-state index is 11.5. The van der Waals surface area contributed by atoms with E-state index >= 15 is 0 Å². The normalized spacial score (nSPS) is 10.2. The van der Waals surface area contributed by atoms with E-state index < -0.39 is 0 Å². The van der Waals surface area contributed by atoms with Gasteiger partial charge in [-0.25, -0.2) is 0 Å². The van der Waals surface area contributed by atoms with Gasteiger partial charge in [0.15, 0.2) is 11.0 Å². The molecule has 2 amide bonds. The average molecular weight is 306 g/mol. The molecule has 0 unspecified atom stereocenters. The summed E-state index contributed by atoms with van der Waals surface area (Å²) in [5.41, 5.74) is 5.41. The van der Waals surface area contributed by atoms with Gasteiger partial charge in [0.05, 0.1) is 5.75 Å². The van der Waals surface area contributed by atoms with Crippen LogP contribution in [0, 0.1) is 0 Å². The number of thioether (sulfide) groups is 1. The standard InChI is InChI=1S/C12H14N6O2S/c1-8(19)14-15-10(20)7-21-12-17-16-11(18(12)2)9-3-5-13-6-4-9/h3-6H,7H2,1-2H3,(H,14,19)(H,15,20). The summed E-state index contributed by atoms with van der Waals surface area (Å²) in [6, 6.07) is 3.67. The van der Waals surface area contributed by atoms with Gasteiger partial charge in [-0.1, -0.05) is 11.8 Å². The number of carbonyl (C=O) groups is 2. The smallest absolute Gasteiger partial charge is 0.248 e. The Morgan fingerprint density at radius 1 is 1.24 bits per heavy atom. The van der Waals surface area contributed by atoms with Crippen molar-refractivity contribution in [1.82, 2.24) is 30.6 Å². The largest absolute Gasteiger partial charge is 0.305 e. The molecule has 0 atom stereocenters. The van der Waals surface area contributed by atoms with Crippen molar-refractivity contribution >= 4 is 23.6 Å². The summed E-state index contributed by atoms with van der Waals surface area (Å²) in [4.78, 5) is 26.1. The van der Waals surface area contributed by atoms with Crippen LogP contribution in [0.4, 0.5) is 0 Å². The molecule has 0 aliphatic rings. The van der Waals surface area contributed by atoms with Crippen LogP contribution in [0.3, 0.4) is 0 Å². The van der Waals surface area contributed by atoms with Crippen molar-refractivity contribution in [3.05, 3.63) is 24.5 Å².